The zero-order valence-electron chi connectivity index (χ0n) is 26.3. The molecule has 0 radical (unpaired) electrons. The highest BCUT2D eigenvalue weighted by Crippen LogP contribution is 2.06. The number of aliphatic hydroxyl groups excluding tert-OH is 2. The zero-order valence-corrected chi connectivity index (χ0v) is 26.3. The SMILES string of the molecule is CC/C=C\C/C=C\C/C=C\C/C=C\C/C=C\CCCC(=O)NC(CCCNC(=O)/C=C/C(=O)OCC)C(=O)OC(CO)CO. The molecule has 2 amide bonds. The highest BCUT2D eigenvalue weighted by atomic mass is 16.6. The summed E-state index contributed by atoms with van der Waals surface area (Å²) in [6.45, 7) is 3.05. The maximum absolute atomic E-state index is 12.6. The van der Waals surface area contributed by atoms with Crippen LogP contribution in [0.5, 0.6) is 0 Å². The number of ether oxygens (including phenoxy) is 2. The number of rotatable bonds is 25. The molecule has 1 atom stereocenters. The van der Waals surface area contributed by atoms with Gasteiger partial charge >= 0.3 is 11.9 Å². The minimum absolute atomic E-state index is 0.158. The van der Waals surface area contributed by atoms with Crippen molar-refractivity contribution in [2.45, 2.75) is 90.2 Å². The lowest BCUT2D eigenvalue weighted by Crippen LogP contribution is -2.44. The third kappa shape index (κ3) is 24.8. The van der Waals surface area contributed by atoms with E-state index in [0.717, 1.165) is 44.3 Å². The Morgan fingerprint density at radius 2 is 1.32 bits per heavy atom. The molecule has 1 unspecified atom stereocenters. The van der Waals surface area contributed by atoms with E-state index in [9.17, 15) is 29.4 Å². The Labute approximate surface area is 262 Å². The first-order valence-electron chi connectivity index (χ1n) is 15.5. The van der Waals surface area contributed by atoms with Gasteiger partial charge in [0, 0.05) is 25.1 Å². The number of nitrogens with one attached hydrogen (secondary N) is 2. The minimum Gasteiger partial charge on any atom is -0.463 e. The van der Waals surface area contributed by atoms with Gasteiger partial charge in [-0.3, -0.25) is 9.59 Å². The van der Waals surface area contributed by atoms with Crippen LogP contribution in [0.1, 0.15) is 78.1 Å². The molecule has 0 bridgehead atoms. The molecule has 0 aliphatic heterocycles. The van der Waals surface area contributed by atoms with E-state index in [2.05, 4.69) is 66.2 Å². The molecule has 0 aromatic carbocycles. The van der Waals surface area contributed by atoms with Crippen molar-refractivity contribution in [1.82, 2.24) is 10.6 Å². The molecule has 10 heteroatoms. The molecule has 4 N–H and O–H groups in total. The number of hydrogen-bond donors (Lipinski definition) is 4. The lowest BCUT2D eigenvalue weighted by atomic mass is 10.1. The van der Waals surface area contributed by atoms with Crippen molar-refractivity contribution in [3.05, 3.63) is 72.9 Å². The molecule has 0 heterocycles. The third-order valence-corrected chi connectivity index (χ3v) is 5.87. The highest BCUT2D eigenvalue weighted by molar-refractivity contribution is 5.94. The van der Waals surface area contributed by atoms with E-state index in [0.29, 0.717) is 19.3 Å². The summed E-state index contributed by atoms with van der Waals surface area (Å²) in [5.41, 5.74) is 0. The lowest BCUT2D eigenvalue weighted by Gasteiger charge is -2.20. The first kappa shape index (κ1) is 40.2. The molecule has 0 spiro atoms. The van der Waals surface area contributed by atoms with Gasteiger partial charge in [0.25, 0.3) is 0 Å². The Kier molecular flexibility index (Phi) is 26.8. The number of carbonyl (C=O) groups is 4. The zero-order chi connectivity index (χ0) is 32.7. The first-order chi connectivity index (χ1) is 21.4. The van der Waals surface area contributed by atoms with Crippen LogP contribution in [-0.4, -0.2) is 72.5 Å². The maximum Gasteiger partial charge on any atom is 0.330 e. The van der Waals surface area contributed by atoms with Gasteiger partial charge in [-0.1, -0.05) is 67.7 Å². The Hall–Kier alpha value is -3.76. The summed E-state index contributed by atoms with van der Waals surface area (Å²) in [4.78, 5) is 48.2. The van der Waals surface area contributed by atoms with Crippen molar-refractivity contribution in [2.75, 3.05) is 26.4 Å². The number of aliphatic hydroxyl groups is 2. The second-order valence-corrected chi connectivity index (χ2v) is 9.66. The first-order valence-corrected chi connectivity index (χ1v) is 15.5. The fraction of sp³-hybridized carbons (Fsp3) is 0.529. The van der Waals surface area contributed by atoms with Crippen molar-refractivity contribution >= 4 is 23.8 Å². The molecule has 0 aromatic heterocycles. The van der Waals surface area contributed by atoms with Crippen molar-refractivity contribution in [1.29, 1.82) is 0 Å². The average Bonchev–Trinajstić information content (AvgIpc) is 3.01. The van der Waals surface area contributed by atoms with E-state index in [-0.39, 0.29) is 31.9 Å². The second kappa shape index (κ2) is 29.3. The third-order valence-electron chi connectivity index (χ3n) is 5.87. The molecule has 0 aliphatic carbocycles. The standard InChI is InChI=1S/C34H52N2O8/c1-3-5-6-7-8-9-10-11-12-13-14-15-16-17-18-19-20-23-32(40)36-30(34(42)44-29(27-37)28-38)22-21-26-35-31(39)24-25-33(41)43-4-2/h5-6,8-9,11-12,14-15,17-18,24-25,29-30,37-38H,3-4,7,10,13,16,19-23,26-28H2,1-2H3,(H,35,39)(H,36,40)/b6-5-,9-8-,12-11-,15-14-,18-17-,25-24+. The van der Waals surface area contributed by atoms with Gasteiger partial charge in [0.2, 0.25) is 11.8 Å². The maximum atomic E-state index is 12.6. The number of esters is 2. The van der Waals surface area contributed by atoms with Crippen molar-refractivity contribution in [3.63, 3.8) is 0 Å². The van der Waals surface area contributed by atoms with Crippen LogP contribution in [0.3, 0.4) is 0 Å². The minimum atomic E-state index is -1.09. The Morgan fingerprint density at radius 1 is 0.750 bits per heavy atom. The molecule has 0 aliphatic rings. The van der Waals surface area contributed by atoms with Crippen LogP contribution in [0.25, 0.3) is 0 Å². The number of amides is 2. The topological polar surface area (TPSA) is 151 Å². The van der Waals surface area contributed by atoms with Crippen LogP contribution in [0.4, 0.5) is 0 Å². The van der Waals surface area contributed by atoms with Gasteiger partial charge in [-0.2, -0.15) is 0 Å². The highest BCUT2D eigenvalue weighted by Gasteiger charge is 2.24. The number of hydrogen-bond acceptors (Lipinski definition) is 8. The van der Waals surface area contributed by atoms with Crippen LogP contribution >= 0.6 is 0 Å². The summed E-state index contributed by atoms with van der Waals surface area (Å²) in [5, 5.41) is 23.7. The van der Waals surface area contributed by atoms with E-state index in [1.54, 1.807) is 6.92 Å². The summed E-state index contributed by atoms with van der Waals surface area (Å²) >= 11 is 0. The summed E-state index contributed by atoms with van der Waals surface area (Å²) in [5.74, 6) is -2.24. The smallest absolute Gasteiger partial charge is 0.330 e. The van der Waals surface area contributed by atoms with Crippen molar-refractivity contribution in [2.24, 2.45) is 0 Å². The van der Waals surface area contributed by atoms with E-state index in [1.807, 2.05) is 12.2 Å². The van der Waals surface area contributed by atoms with Crippen LogP contribution in [0.2, 0.25) is 0 Å². The Bertz CT molecular complexity index is 978. The van der Waals surface area contributed by atoms with Gasteiger partial charge in [0.05, 0.1) is 19.8 Å². The van der Waals surface area contributed by atoms with Gasteiger partial charge in [-0.05, 0) is 64.7 Å². The average molecular weight is 617 g/mol. The summed E-state index contributed by atoms with van der Waals surface area (Å²) in [6, 6.07) is -1.01. The Balaban J connectivity index is 4.45. The molecule has 0 saturated carbocycles. The molecular weight excluding hydrogens is 564 g/mol. The van der Waals surface area contributed by atoms with Crippen molar-refractivity contribution < 1.29 is 38.9 Å². The van der Waals surface area contributed by atoms with E-state index < -0.39 is 43.2 Å². The second-order valence-electron chi connectivity index (χ2n) is 9.66. The van der Waals surface area contributed by atoms with Gasteiger partial charge in [0.1, 0.15) is 12.1 Å². The van der Waals surface area contributed by atoms with Gasteiger partial charge in [-0.25, -0.2) is 9.59 Å². The molecule has 0 rings (SSSR count). The normalized spacial score (nSPS) is 12.8. The predicted octanol–water partition coefficient (Wildman–Crippen LogP) is 4.31. The summed E-state index contributed by atoms with van der Waals surface area (Å²) in [6.07, 6.45) is 28.9. The fourth-order valence-electron chi connectivity index (χ4n) is 3.55. The summed E-state index contributed by atoms with van der Waals surface area (Å²) in [7, 11) is 0. The molecule has 0 saturated heterocycles. The Morgan fingerprint density at radius 3 is 1.86 bits per heavy atom. The fourth-order valence-corrected chi connectivity index (χ4v) is 3.55. The van der Waals surface area contributed by atoms with Gasteiger partial charge in [0.15, 0.2) is 0 Å². The quantitative estimate of drug-likeness (QED) is 0.0513. The molecular formula is C34H52N2O8. The van der Waals surface area contributed by atoms with Crippen LogP contribution in [-0.2, 0) is 28.7 Å². The number of unbranched alkanes of at least 4 members (excludes halogenated alkanes) is 1. The van der Waals surface area contributed by atoms with Crippen LogP contribution in [0, 0.1) is 0 Å². The number of allylic oxidation sites excluding steroid dienone is 10. The lowest BCUT2D eigenvalue weighted by molar-refractivity contribution is -0.157. The van der Waals surface area contributed by atoms with Gasteiger partial charge in [-0.15, -0.1) is 0 Å². The molecule has 44 heavy (non-hydrogen) atoms. The van der Waals surface area contributed by atoms with Crippen molar-refractivity contribution in [3.8, 4) is 0 Å². The van der Waals surface area contributed by atoms with E-state index >= 15 is 0 Å². The molecule has 10 nitrogen and oxygen atoms in total. The summed E-state index contributed by atoms with van der Waals surface area (Å²) < 4.78 is 9.79. The number of carbonyl (C=O) groups excluding carboxylic acids is 4. The largest absolute Gasteiger partial charge is 0.463 e. The van der Waals surface area contributed by atoms with E-state index in [4.69, 9.17) is 9.47 Å². The van der Waals surface area contributed by atoms with Gasteiger partial charge < -0.3 is 30.3 Å². The predicted molar refractivity (Wildman–Crippen MR) is 172 cm³/mol. The molecule has 246 valence electrons. The van der Waals surface area contributed by atoms with Crippen LogP contribution < -0.4 is 10.6 Å². The monoisotopic (exact) mass is 616 g/mol. The van der Waals surface area contributed by atoms with E-state index in [1.165, 1.54) is 0 Å². The molecule has 0 fully saturated rings. The van der Waals surface area contributed by atoms with Crippen LogP contribution in [0.15, 0.2) is 72.9 Å². The molecule has 0 aromatic rings.